The molecule has 0 unspecified atom stereocenters. The first-order chi connectivity index (χ1) is 12.8. The molecule has 0 atom stereocenters. The minimum Gasteiger partial charge on any atom is -0.381 e. The van der Waals surface area contributed by atoms with Gasteiger partial charge in [0.15, 0.2) is 9.34 Å². The van der Waals surface area contributed by atoms with E-state index >= 15 is 0 Å². The number of ether oxygens (including phenoxy) is 1. The van der Waals surface area contributed by atoms with Crippen molar-refractivity contribution >= 4 is 32.4 Å². The Morgan fingerprint density at radius 2 is 1.93 bits per heavy atom. The van der Waals surface area contributed by atoms with Crippen molar-refractivity contribution in [2.45, 2.75) is 36.3 Å². The smallest absolute Gasteiger partial charge is 0.251 e. The number of rotatable bonds is 6. The highest BCUT2D eigenvalue weighted by molar-refractivity contribution is 7.91. The molecule has 7 nitrogen and oxygen atoms in total. The number of hydrogen-bond acceptors (Lipinski definition) is 6. The van der Waals surface area contributed by atoms with Gasteiger partial charge in [0, 0.05) is 32.1 Å². The predicted octanol–water partition coefficient (Wildman–Crippen LogP) is 2.44. The van der Waals surface area contributed by atoms with Gasteiger partial charge in [-0.05, 0) is 25.3 Å². The molecular weight excluding hydrogens is 386 g/mol. The van der Waals surface area contributed by atoms with E-state index in [1.807, 2.05) is 19.1 Å². The van der Waals surface area contributed by atoms with Crippen LogP contribution in [-0.4, -0.2) is 39.1 Å². The van der Waals surface area contributed by atoms with E-state index in [0.717, 1.165) is 35.3 Å². The zero-order chi connectivity index (χ0) is 19.5. The topological polar surface area (TPSA) is 97.4 Å². The average molecular weight is 410 g/mol. The van der Waals surface area contributed by atoms with Gasteiger partial charge in [-0.25, -0.2) is 18.1 Å². The first kappa shape index (κ1) is 19.9. The number of aromatic nitrogens is 1. The quantitative estimate of drug-likeness (QED) is 0.764. The van der Waals surface area contributed by atoms with Crippen molar-refractivity contribution < 1.29 is 17.9 Å². The molecule has 3 rings (SSSR count). The maximum atomic E-state index is 12.7. The number of hydrogen-bond donors (Lipinski definition) is 2. The minimum atomic E-state index is -3.72. The Bertz CT molecular complexity index is 901. The van der Waals surface area contributed by atoms with E-state index < -0.39 is 10.0 Å². The molecule has 1 saturated heterocycles. The molecular formula is C18H23N3O4S2. The van der Waals surface area contributed by atoms with Gasteiger partial charge in [0.1, 0.15) is 0 Å². The largest absolute Gasteiger partial charge is 0.381 e. The van der Waals surface area contributed by atoms with Crippen molar-refractivity contribution in [2.24, 2.45) is 0 Å². The van der Waals surface area contributed by atoms with Crippen LogP contribution in [0.2, 0.25) is 0 Å². The summed E-state index contributed by atoms with van der Waals surface area (Å²) in [7, 11) is -3.72. The fraction of sp³-hybridized carbons (Fsp3) is 0.444. The molecule has 1 aliphatic rings. The lowest BCUT2D eigenvalue weighted by molar-refractivity contribution is -0.114. The molecule has 9 heteroatoms. The third-order valence-corrected chi connectivity index (χ3v) is 7.52. The van der Waals surface area contributed by atoms with Crippen LogP contribution in [0, 0.1) is 6.92 Å². The SMILES string of the molecule is CC(=O)Nc1ncc(S(=O)(=O)NCC2(c3ccc(C)cc3)CCOCC2)s1. The molecule has 0 radical (unpaired) electrons. The molecule has 1 aromatic carbocycles. The van der Waals surface area contributed by atoms with Crippen LogP contribution < -0.4 is 10.0 Å². The van der Waals surface area contributed by atoms with Crippen LogP contribution in [0.3, 0.4) is 0 Å². The standard InChI is InChI=1S/C18H23N3O4S2/c1-13-3-5-15(6-4-13)18(7-9-25-10-8-18)12-20-27(23,24)16-11-19-17(26-16)21-14(2)22/h3-6,11,20H,7-10,12H2,1-2H3,(H,19,21,22). The van der Waals surface area contributed by atoms with E-state index in [0.29, 0.717) is 13.2 Å². The second kappa shape index (κ2) is 8.05. The predicted molar refractivity (Wildman–Crippen MR) is 105 cm³/mol. The van der Waals surface area contributed by atoms with Crippen LogP contribution in [0.15, 0.2) is 34.7 Å². The van der Waals surface area contributed by atoms with Crippen LogP contribution in [-0.2, 0) is 25.0 Å². The second-order valence-corrected chi connectivity index (χ2v) is 9.77. The van der Waals surface area contributed by atoms with E-state index in [1.54, 1.807) is 0 Å². The van der Waals surface area contributed by atoms with Crippen LogP contribution in [0.25, 0.3) is 0 Å². The van der Waals surface area contributed by atoms with Crippen molar-refractivity contribution in [3.8, 4) is 0 Å². The summed E-state index contributed by atoms with van der Waals surface area (Å²) in [5.74, 6) is -0.290. The summed E-state index contributed by atoms with van der Waals surface area (Å²) in [6.07, 6.45) is 2.76. The normalized spacial score (nSPS) is 16.8. The molecule has 1 fully saturated rings. The summed E-state index contributed by atoms with van der Waals surface area (Å²) in [6.45, 7) is 4.87. The fourth-order valence-electron chi connectivity index (χ4n) is 3.13. The molecule has 0 spiro atoms. The number of benzene rings is 1. The molecule has 2 aromatic rings. The van der Waals surface area contributed by atoms with Gasteiger partial charge in [-0.1, -0.05) is 41.2 Å². The van der Waals surface area contributed by atoms with Gasteiger partial charge in [0.2, 0.25) is 5.91 Å². The lowest BCUT2D eigenvalue weighted by Crippen LogP contribution is -2.44. The summed E-state index contributed by atoms with van der Waals surface area (Å²) in [5, 5.41) is 2.77. The molecule has 0 bridgehead atoms. The third-order valence-electron chi connectivity index (χ3n) is 4.75. The lowest BCUT2D eigenvalue weighted by atomic mass is 9.74. The summed E-state index contributed by atoms with van der Waals surface area (Å²) in [4.78, 5) is 15.1. The second-order valence-electron chi connectivity index (χ2n) is 6.75. The summed E-state index contributed by atoms with van der Waals surface area (Å²) >= 11 is 0.933. The van der Waals surface area contributed by atoms with E-state index in [2.05, 4.69) is 27.2 Å². The maximum Gasteiger partial charge on any atom is 0.251 e. The van der Waals surface area contributed by atoms with Gasteiger partial charge in [-0.3, -0.25) is 4.79 Å². The van der Waals surface area contributed by atoms with E-state index in [-0.39, 0.29) is 27.2 Å². The number of carbonyl (C=O) groups excluding carboxylic acids is 1. The summed E-state index contributed by atoms with van der Waals surface area (Å²) in [5.41, 5.74) is 1.98. The number of carbonyl (C=O) groups is 1. The number of amides is 1. The molecule has 1 aliphatic heterocycles. The Labute approximate surface area is 163 Å². The zero-order valence-electron chi connectivity index (χ0n) is 15.3. The van der Waals surface area contributed by atoms with Crippen LogP contribution in [0.4, 0.5) is 5.13 Å². The molecule has 2 heterocycles. The Balaban J connectivity index is 1.79. The van der Waals surface area contributed by atoms with Gasteiger partial charge in [0.25, 0.3) is 10.0 Å². The van der Waals surface area contributed by atoms with Crippen molar-refractivity contribution in [1.29, 1.82) is 0 Å². The maximum absolute atomic E-state index is 12.7. The first-order valence-corrected chi connectivity index (χ1v) is 11.0. The van der Waals surface area contributed by atoms with Crippen molar-refractivity contribution in [3.05, 3.63) is 41.6 Å². The van der Waals surface area contributed by atoms with Crippen LogP contribution in [0.1, 0.15) is 30.9 Å². The highest BCUT2D eigenvalue weighted by Crippen LogP contribution is 2.35. The van der Waals surface area contributed by atoms with Crippen molar-refractivity contribution in [1.82, 2.24) is 9.71 Å². The molecule has 146 valence electrons. The van der Waals surface area contributed by atoms with Gasteiger partial charge in [0.05, 0.1) is 6.20 Å². The molecule has 1 aromatic heterocycles. The van der Waals surface area contributed by atoms with E-state index in [1.165, 1.54) is 13.1 Å². The number of thiazole rings is 1. The van der Waals surface area contributed by atoms with Crippen LogP contribution in [0.5, 0.6) is 0 Å². The minimum absolute atomic E-state index is 0.0809. The highest BCUT2D eigenvalue weighted by Gasteiger charge is 2.36. The number of anilines is 1. The molecule has 1 amide bonds. The van der Waals surface area contributed by atoms with Gasteiger partial charge in [-0.15, -0.1) is 0 Å². The third kappa shape index (κ3) is 4.73. The first-order valence-electron chi connectivity index (χ1n) is 8.69. The van der Waals surface area contributed by atoms with Gasteiger partial charge < -0.3 is 10.1 Å². The number of nitrogens with one attached hydrogen (secondary N) is 2. The van der Waals surface area contributed by atoms with Gasteiger partial charge in [-0.2, -0.15) is 0 Å². The molecule has 27 heavy (non-hydrogen) atoms. The highest BCUT2D eigenvalue weighted by atomic mass is 32.2. The number of sulfonamides is 1. The van der Waals surface area contributed by atoms with E-state index in [4.69, 9.17) is 4.74 Å². The zero-order valence-corrected chi connectivity index (χ0v) is 17.0. The average Bonchev–Trinajstić information content (AvgIpc) is 3.10. The Morgan fingerprint density at radius 3 is 2.56 bits per heavy atom. The monoisotopic (exact) mass is 409 g/mol. The number of nitrogens with zero attached hydrogens (tertiary/aromatic N) is 1. The van der Waals surface area contributed by atoms with Crippen LogP contribution >= 0.6 is 11.3 Å². The molecule has 0 saturated carbocycles. The Morgan fingerprint density at radius 1 is 1.26 bits per heavy atom. The fourth-order valence-corrected chi connectivity index (χ4v) is 5.38. The van der Waals surface area contributed by atoms with Crippen molar-refractivity contribution in [2.75, 3.05) is 25.1 Å². The van der Waals surface area contributed by atoms with Gasteiger partial charge >= 0.3 is 0 Å². The summed E-state index contributed by atoms with van der Waals surface area (Å²) < 4.78 is 33.8. The Hall–Kier alpha value is -1.81. The summed E-state index contributed by atoms with van der Waals surface area (Å²) in [6, 6.07) is 8.22. The Kier molecular flexibility index (Phi) is 5.95. The molecule has 0 aliphatic carbocycles. The number of aryl methyl sites for hydroxylation is 1. The molecule has 2 N–H and O–H groups in total. The van der Waals surface area contributed by atoms with E-state index in [9.17, 15) is 13.2 Å². The van der Waals surface area contributed by atoms with Crippen molar-refractivity contribution in [3.63, 3.8) is 0 Å². The lowest BCUT2D eigenvalue weighted by Gasteiger charge is -2.38.